The number of carbonyl (C=O) groups excluding carboxylic acids is 2. The highest BCUT2D eigenvalue weighted by Crippen LogP contribution is 2.32. The van der Waals surface area contributed by atoms with E-state index in [-0.39, 0.29) is 22.0 Å². The largest absolute Gasteiger partial charge is 0.452 e. The van der Waals surface area contributed by atoms with Crippen molar-refractivity contribution in [1.82, 2.24) is 0 Å². The lowest BCUT2D eigenvalue weighted by Crippen LogP contribution is -2.22. The number of nitrogens with zero attached hydrogens (tertiary/aromatic N) is 3. The third-order valence-corrected chi connectivity index (χ3v) is 4.85. The van der Waals surface area contributed by atoms with Crippen molar-refractivity contribution in [3.8, 4) is 0 Å². The van der Waals surface area contributed by atoms with Crippen LogP contribution in [0.1, 0.15) is 23.2 Å². The van der Waals surface area contributed by atoms with E-state index >= 15 is 0 Å². The van der Waals surface area contributed by atoms with Crippen LogP contribution in [0, 0.1) is 20.2 Å². The summed E-state index contributed by atoms with van der Waals surface area (Å²) in [6, 6.07) is 7.67. The van der Waals surface area contributed by atoms with Crippen LogP contribution >= 0.6 is 11.6 Å². The fourth-order valence-electron chi connectivity index (χ4n) is 3.18. The Kier molecular flexibility index (Phi) is 6.65. The summed E-state index contributed by atoms with van der Waals surface area (Å²) < 4.78 is 4.90. The van der Waals surface area contributed by atoms with Crippen LogP contribution in [0.5, 0.6) is 0 Å². The predicted molar refractivity (Wildman–Crippen MR) is 112 cm³/mol. The van der Waals surface area contributed by atoms with Gasteiger partial charge in [-0.05, 0) is 37.1 Å². The molecule has 1 aliphatic heterocycles. The van der Waals surface area contributed by atoms with Gasteiger partial charge < -0.3 is 15.0 Å². The Morgan fingerprint density at radius 1 is 1.03 bits per heavy atom. The van der Waals surface area contributed by atoms with Gasteiger partial charge in [-0.2, -0.15) is 0 Å². The Morgan fingerprint density at radius 3 is 2.35 bits per heavy atom. The van der Waals surface area contributed by atoms with Crippen molar-refractivity contribution in [3.63, 3.8) is 0 Å². The van der Waals surface area contributed by atoms with Gasteiger partial charge in [-0.1, -0.05) is 11.6 Å². The zero-order valence-corrected chi connectivity index (χ0v) is 16.8. The van der Waals surface area contributed by atoms with Crippen molar-refractivity contribution >= 4 is 46.2 Å². The molecular weight excluding hydrogens is 432 g/mol. The van der Waals surface area contributed by atoms with E-state index in [0.29, 0.717) is 18.8 Å². The molecule has 0 radical (unpaired) electrons. The van der Waals surface area contributed by atoms with Crippen LogP contribution in [-0.2, 0) is 9.53 Å². The molecule has 1 heterocycles. The topological polar surface area (TPSA) is 145 Å². The highest BCUT2D eigenvalue weighted by Gasteiger charge is 2.24. The van der Waals surface area contributed by atoms with Crippen LogP contribution in [0.4, 0.5) is 22.7 Å². The highest BCUT2D eigenvalue weighted by atomic mass is 35.5. The summed E-state index contributed by atoms with van der Waals surface area (Å²) in [5, 5.41) is 24.9. The summed E-state index contributed by atoms with van der Waals surface area (Å²) >= 11 is 5.72. The number of nitro benzene ring substituents is 2. The molecule has 162 valence electrons. The normalized spacial score (nSPS) is 13.0. The van der Waals surface area contributed by atoms with E-state index in [1.807, 2.05) is 4.90 Å². The number of amides is 1. The van der Waals surface area contributed by atoms with E-state index in [0.717, 1.165) is 25.0 Å². The summed E-state index contributed by atoms with van der Waals surface area (Å²) in [6.45, 7) is 0.656. The maximum atomic E-state index is 12.3. The first-order valence-electron chi connectivity index (χ1n) is 9.20. The number of rotatable bonds is 7. The lowest BCUT2D eigenvalue weighted by Gasteiger charge is -2.17. The standard InChI is InChI=1S/C19H17ClN4O7/c20-13-4-5-14(16(10-13)23(27)28)21-18(25)11-31-19(26)12-3-6-15(17(9-12)24(29)30)22-7-1-2-8-22/h3-6,9-10H,1-2,7-8,11H2,(H,21,25). The Bertz CT molecular complexity index is 1050. The van der Waals surface area contributed by atoms with Crippen LogP contribution in [0.2, 0.25) is 5.02 Å². The second-order valence-electron chi connectivity index (χ2n) is 6.70. The molecule has 2 aromatic rings. The first-order chi connectivity index (χ1) is 14.8. The number of nitrogens with one attached hydrogen (secondary N) is 1. The van der Waals surface area contributed by atoms with Crippen molar-refractivity contribution in [2.45, 2.75) is 12.8 Å². The molecule has 11 nitrogen and oxygen atoms in total. The maximum absolute atomic E-state index is 12.3. The van der Waals surface area contributed by atoms with E-state index in [1.54, 1.807) is 0 Å². The van der Waals surface area contributed by atoms with Crippen molar-refractivity contribution in [1.29, 1.82) is 0 Å². The number of ether oxygens (including phenoxy) is 1. The molecule has 0 aromatic heterocycles. The molecule has 0 bridgehead atoms. The van der Waals surface area contributed by atoms with Gasteiger partial charge in [-0.25, -0.2) is 4.79 Å². The van der Waals surface area contributed by atoms with Gasteiger partial charge >= 0.3 is 5.97 Å². The first-order valence-corrected chi connectivity index (χ1v) is 9.58. The zero-order chi connectivity index (χ0) is 22.5. The lowest BCUT2D eigenvalue weighted by molar-refractivity contribution is -0.384. The molecule has 1 N–H and O–H groups in total. The molecule has 0 spiro atoms. The first kappa shape index (κ1) is 22.0. The molecule has 1 amide bonds. The Hall–Kier alpha value is -3.73. The van der Waals surface area contributed by atoms with Gasteiger partial charge in [0.25, 0.3) is 17.3 Å². The third-order valence-electron chi connectivity index (χ3n) is 4.62. The second kappa shape index (κ2) is 9.39. The summed E-state index contributed by atoms with van der Waals surface area (Å²) in [5.74, 6) is -1.75. The minimum Gasteiger partial charge on any atom is -0.452 e. The van der Waals surface area contributed by atoms with Crippen LogP contribution in [0.3, 0.4) is 0 Å². The summed E-state index contributed by atoms with van der Waals surface area (Å²) in [4.78, 5) is 47.4. The summed E-state index contributed by atoms with van der Waals surface area (Å²) in [5.41, 5.74) is -0.411. The van der Waals surface area contributed by atoms with Crippen LogP contribution in [0.15, 0.2) is 36.4 Å². The molecule has 3 rings (SSSR count). The van der Waals surface area contributed by atoms with E-state index in [4.69, 9.17) is 16.3 Å². The fraction of sp³-hybridized carbons (Fsp3) is 0.263. The molecule has 0 atom stereocenters. The molecule has 0 saturated carbocycles. The molecule has 1 fully saturated rings. The quantitative estimate of drug-likeness (QED) is 0.384. The average Bonchev–Trinajstić information content (AvgIpc) is 3.27. The molecule has 12 heteroatoms. The minimum atomic E-state index is -0.933. The van der Waals surface area contributed by atoms with Gasteiger partial charge in [0.05, 0.1) is 15.4 Å². The Labute approximate surface area is 180 Å². The van der Waals surface area contributed by atoms with Gasteiger partial charge in [0, 0.05) is 30.2 Å². The van der Waals surface area contributed by atoms with E-state index in [1.165, 1.54) is 24.3 Å². The number of halogens is 1. The predicted octanol–water partition coefficient (Wildman–Crippen LogP) is 3.55. The summed E-state index contributed by atoms with van der Waals surface area (Å²) in [7, 11) is 0. The van der Waals surface area contributed by atoms with Gasteiger partial charge in [-0.3, -0.25) is 25.0 Å². The van der Waals surface area contributed by atoms with Crippen LogP contribution in [0.25, 0.3) is 0 Å². The fourth-order valence-corrected chi connectivity index (χ4v) is 3.35. The van der Waals surface area contributed by atoms with Crippen molar-refractivity contribution in [2.24, 2.45) is 0 Å². The SMILES string of the molecule is O=C(COC(=O)c1ccc(N2CCCC2)c([N+](=O)[O-])c1)Nc1ccc(Cl)cc1[N+](=O)[O-]. The number of nitro groups is 2. The molecule has 1 saturated heterocycles. The molecule has 1 aliphatic rings. The number of carbonyl (C=O) groups is 2. The van der Waals surface area contributed by atoms with Crippen molar-refractivity contribution in [2.75, 3.05) is 29.9 Å². The number of hydrogen-bond acceptors (Lipinski definition) is 8. The van der Waals surface area contributed by atoms with E-state index in [9.17, 15) is 29.8 Å². The average molecular weight is 449 g/mol. The lowest BCUT2D eigenvalue weighted by atomic mass is 10.1. The smallest absolute Gasteiger partial charge is 0.338 e. The van der Waals surface area contributed by atoms with E-state index < -0.39 is 34.0 Å². The van der Waals surface area contributed by atoms with Gasteiger partial charge in [0.1, 0.15) is 11.4 Å². The van der Waals surface area contributed by atoms with Crippen molar-refractivity contribution in [3.05, 3.63) is 67.2 Å². The van der Waals surface area contributed by atoms with Gasteiger partial charge in [0.2, 0.25) is 0 Å². The minimum absolute atomic E-state index is 0.0834. The molecular formula is C19H17ClN4O7. The molecule has 2 aromatic carbocycles. The van der Waals surface area contributed by atoms with Crippen LogP contribution in [-0.4, -0.2) is 41.4 Å². The number of benzene rings is 2. The number of hydrogen-bond donors (Lipinski definition) is 1. The zero-order valence-electron chi connectivity index (χ0n) is 16.1. The van der Waals surface area contributed by atoms with Gasteiger partial charge in [-0.15, -0.1) is 0 Å². The molecule has 31 heavy (non-hydrogen) atoms. The highest BCUT2D eigenvalue weighted by molar-refractivity contribution is 6.31. The molecule has 0 unspecified atom stereocenters. The number of esters is 1. The van der Waals surface area contributed by atoms with Crippen LogP contribution < -0.4 is 10.2 Å². The van der Waals surface area contributed by atoms with Crippen molar-refractivity contribution < 1.29 is 24.2 Å². The maximum Gasteiger partial charge on any atom is 0.338 e. The Morgan fingerprint density at radius 2 is 1.71 bits per heavy atom. The number of anilines is 2. The summed E-state index contributed by atoms with van der Waals surface area (Å²) in [6.07, 6.45) is 1.86. The van der Waals surface area contributed by atoms with Gasteiger partial charge in [0.15, 0.2) is 6.61 Å². The monoisotopic (exact) mass is 448 g/mol. The second-order valence-corrected chi connectivity index (χ2v) is 7.13. The molecule has 0 aliphatic carbocycles. The Balaban J connectivity index is 1.67. The van der Waals surface area contributed by atoms with E-state index in [2.05, 4.69) is 5.32 Å². The third kappa shape index (κ3) is 5.25.